The molecular weight excluding hydrogens is 242 g/mol. The summed E-state index contributed by atoms with van der Waals surface area (Å²) in [6.07, 6.45) is 4.27. The molecule has 5 nitrogen and oxygen atoms in total. The first-order valence-electron chi connectivity index (χ1n) is 6.20. The van der Waals surface area contributed by atoms with Crippen LogP contribution in [-0.2, 0) is 0 Å². The van der Waals surface area contributed by atoms with Crippen molar-refractivity contribution in [1.29, 1.82) is 0 Å². The molecule has 0 aliphatic carbocycles. The molecule has 0 spiro atoms. The number of hydrogen-bond donors (Lipinski definition) is 1. The Balaban J connectivity index is 2.14. The van der Waals surface area contributed by atoms with Gasteiger partial charge in [-0.25, -0.2) is 0 Å². The third-order valence-electron chi connectivity index (χ3n) is 2.45. The topological polar surface area (TPSA) is 56.3 Å². The van der Waals surface area contributed by atoms with E-state index in [2.05, 4.69) is 22.2 Å². The molecular formula is C14H17N3O2. The van der Waals surface area contributed by atoms with Gasteiger partial charge in [0.25, 0.3) is 0 Å². The maximum Gasteiger partial charge on any atom is 0.240 e. The molecule has 100 valence electrons. The molecule has 0 saturated carbocycles. The Kier molecular flexibility index (Phi) is 4.55. The minimum Gasteiger partial charge on any atom is -0.493 e. The van der Waals surface area contributed by atoms with Crippen LogP contribution in [-0.4, -0.2) is 23.6 Å². The molecule has 19 heavy (non-hydrogen) atoms. The van der Waals surface area contributed by atoms with E-state index >= 15 is 0 Å². The van der Waals surface area contributed by atoms with E-state index in [1.54, 1.807) is 19.5 Å². The fraction of sp³-hybridized carbons (Fsp3) is 0.286. The van der Waals surface area contributed by atoms with Crippen LogP contribution in [0.3, 0.4) is 0 Å². The van der Waals surface area contributed by atoms with Crippen molar-refractivity contribution in [2.24, 2.45) is 0 Å². The van der Waals surface area contributed by atoms with Crippen LogP contribution in [0.4, 0.5) is 5.82 Å². The van der Waals surface area contributed by atoms with Crippen molar-refractivity contribution >= 4 is 5.82 Å². The molecule has 0 atom stereocenters. The third kappa shape index (κ3) is 3.58. The molecule has 1 N–H and O–H groups in total. The molecule has 0 aliphatic rings. The molecule has 5 heteroatoms. The lowest BCUT2D eigenvalue weighted by Crippen LogP contribution is -2.03. The number of aromatic nitrogens is 2. The van der Waals surface area contributed by atoms with Gasteiger partial charge in [0.05, 0.1) is 19.5 Å². The lowest BCUT2D eigenvalue weighted by atomic mass is 10.3. The number of benzene rings is 1. The van der Waals surface area contributed by atoms with E-state index < -0.39 is 0 Å². The van der Waals surface area contributed by atoms with Crippen molar-refractivity contribution in [3.8, 4) is 17.4 Å². The second-order valence-electron chi connectivity index (χ2n) is 3.92. The smallest absolute Gasteiger partial charge is 0.240 e. The van der Waals surface area contributed by atoms with Gasteiger partial charge in [-0.1, -0.05) is 19.1 Å². The van der Waals surface area contributed by atoms with Crippen LogP contribution in [0.25, 0.3) is 0 Å². The number of rotatable bonds is 6. The Bertz CT molecular complexity index is 532. The Hall–Kier alpha value is -2.30. The lowest BCUT2D eigenvalue weighted by Gasteiger charge is -2.10. The monoisotopic (exact) mass is 259 g/mol. The molecule has 1 aromatic heterocycles. The van der Waals surface area contributed by atoms with Crippen molar-refractivity contribution < 1.29 is 9.47 Å². The third-order valence-corrected chi connectivity index (χ3v) is 2.45. The molecule has 0 saturated heterocycles. The van der Waals surface area contributed by atoms with Gasteiger partial charge in [0.2, 0.25) is 5.88 Å². The first-order valence-corrected chi connectivity index (χ1v) is 6.20. The summed E-state index contributed by atoms with van der Waals surface area (Å²) in [6, 6.07) is 7.43. The molecule has 1 heterocycles. The van der Waals surface area contributed by atoms with E-state index in [1.807, 2.05) is 24.3 Å². The normalized spacial score (nSPS) is 10.0. The van der Waals surface area contributed by atoms with Gasteiger partial charge in [-0.05, 0) is 18.6 Å². The van der Waals surface area contributed by atoms with Crippen molar-refractivity contribution in [3.63, 3.8) is 0 Å². The van der Waals surface area contributed by atoms with Gasteiger partial charge >= 0.3 is 0 Å². The van der Waals surface area contributed by atoms with Crippen molar-refractivity contribution in [3.05, 3.63) is 36.7 Å². The minimum atomic E-state index is 0.436. The highest BCUT2D eigenvalue weighted by atomic mass is 16.5. The standard InChI is InChI=1S/C14H17N3O2/c1-3-8-16-13-9-15-10-14(17-13)19-12-7-5-4-6-11(12)18-2/h4-7,9-10H,3,8H2,1-2H3,(H,16,17). The number of nitrogens with one attached hydrogen (secondary N) is 1. The molecule has 0 bridgehead atoms. The predicted molar refractivity (Wildman–Crippen MR) is 73.9 cm³/mol. The molecule has 0 aliphatic heterocycles. The summed E-state index contributed by atoms with van der Waals surface area (Å²) in [7, 11) is 1.60. The Labute approximate surface area is 112 Å². The number of para-hydroxylation sites is 2. The van der Waals surface area contributed by atoms with Gasteiger partial charge in [0.1, 0.15) is 5.82 Å². The number of hydrogen-bond acceptors (Lipinski definition) is 5. The summed E-state index contributed by atoms with van der Waals surface area (Å²) in [6.45, 7) is 2.95. The first kappa shape index (κ1) is 13.1. The van der Waals surface area contributed by atoms with Crippen LogP contribution in [0.2, 0.25) is 0 Å². The maximum atomic E-state index is 5.68. The van der Waals surface area contributed by atoms with Crippen LogP contribution in [0, 0.1) is 0 Å². The van der Waals surface area contributed by atoms with Gasteiger partial charge in [-0.2, -0.15) is 4.98 Å². The fourth-order valence-corrected chi connectivity index (χ4v) is 1.55. The van der Waals surface area contributed by atoms with Gasteiger partial charge < -0.3 is 14.8 Å². The van der Waals surface area contributed by atoms with E-state index in [0.717, 1.165) is 13.0 Å². The summed E-state index contributed by atoms with van der Waals surface area (Å²) in [5.41, 5.74) is 0. The Morgan fingerprint density at radius 2 is 1.95 bits per heavy atom. The molecule has 2 aromatic rings. The second-order valence-corrected chi connectivity index (χ2v) is 3.92. The van der Waals surface area contributed by atoms with Gasteiger partial charge in [0.15, 0.2) is 11.5 Å². The van der Waals surface area contributed by atoms with Crippen molar-refractivity contribution in [2.75, 3.05) is 19.0 Å². The van der Waals surface area contributed by atoms with E-state index in [-0.39, 0.29) is 0 Å². The van der Waals surface area contributed by atoms with Crippen LogP contribution < -0.4 is 14.8 Å². The van der Waals surface area contributed by atoms with Crippen LogP contribution in [0.1, 0.15) is 13.3 Å². The van der Waals surface area contributed by atoms with Crippen molar-refractivity contribution in [2.45, 2.75) is 13.3 Å². The maximum absolute atomic E-state index is 5.68. The summed E-state index contributed by atoms with van der Waals surface area (Å²) in [5, 5.41) is 3.16. The number of methoxy groups -OCH3 is 1. The molecule has 0 amide bonds. The van der Waals surface area contributed by atoms with E-state index in [1.165, 1.54) is 0 Å². The van der Waals surface area contributed by atoms with Gasteiger partial charge in [-0.15, -0.1) is 0 Å². The average Bonchev–Trinajstić information content (AvgIpc) is 2.46. The lowest BCUT2D eigenvalue weighted by molar-refractivity contribution is 0.373. The number of nitrogens with zero attached hydrogens (tertiary/aromatic N) is 2. The minimum absolute atomic E-state index is 0.436. The fourth-order valence-electron chi connectivity index (χ4n) is 1.55. The van der Waals surface area contributed by atoms with Gasteiger partial charge in [0, 0.05) is 6.54 Å². The van der Waals surface area contributed by atoms with Crippen LogP contribution in [0.5, 0.6) is 17.4 Å². The highest BCUT2D eigenvalue weighted by molar-refractivity contribution is 5.42. The molecule has 0 radical (unpaired) electrons. The summed E-state index contributed by atoms with van der Waals surface area (Å²) in [4.78, 5) is 8.43. The molecule has 0 fully saturated rings. The second kappa shape index (κ2) is 6.58. The predicted octanol–water partition coefficient (Wildman–Crippen LogP) is 3.10. The number of anilines is 1. The van der Waals surface area contributed by atoms with E-state index in [4.69, 9.17) is 9.47 Å². The van der Waals surface area contributed by atoms with E-state index in [9.17, 15) is 0 Å². The zero-order valence-corrected chi connectivity index (χ0v) is 11.1. The summed E-state index contributed by atoms with van der Waals surface area (Å²) < 4.78 is 10.9. The summed E-state index contributed by atoms with van der Waals surface area (Å²) >= 11 is 0. The number of ether oxygens (including phenoxy) is 2. The Morgan fingerprint density at radius 1 is 1.16 bits per heavy atom. The highest BCUT2D eigenvalue weighted by Crippen LogP contribution is 2.29. The molecule has 2 rings (SSSR count). The highest BCUT2D eigenvalue weighted by Gasteiger charge is 2.06. The SMILES string of the molecule is CCCNc1cncc(Oc2ccccc2OC)n1. The van der Waals surface area contributed by atoms with Gasteiger partial charge in [-0.3, -0.25) is 4.98 Å². The molecule has 1 aromatic carbocycles. The van der Waals surface area contributed by atoms with Crippen LogP contribution in [0.15, 0.2) is 36.7 Å². The molecule has 0 unspecified atom stereocenters. The van der Waals surface area contributed by atoms with E-state index in [0.29, 0.717) is 23.2 Å². The van der Waals surface area contributed by atoms with Crippen molar-refractivity contribution in [1.82, 2.24) is 9.97 Å². The van der Waals surface area contributed by atoms with Crippen LogP contribution >= 0.6 is 0 Å². The largest absolute Gasteiger partial charge is 0.493 e. The quantitative estimate of drug-likeness (QED) is 0.863. The Morgan fingerprint density at radius 3 is 2.68 bits per heavy atom. The summed E-state index contributed by atoms with van der Waals surface area (Å²) in [5.74, 6) is 2.42. The zero-order valence-electron chi connectivity index (χ0n) is 11.1. The average molecular weight is 259 g/mol. The first-order chi connectivity index (χ1) is 9.33. The zero-order chi connectivity index (χ0) is 13.5.